The molecule has 2 unspecified atom stereocenters. The van der Waals surface area contributed by atoms with Crippen molar-refractivity contribution in [1.29, 1.82) is 0 Å². The van der Waals surface area contributed by atoms with Crippen LogP contribution in [-0.2, 0) is 0 Å². The van der Waals surface area contributed by atoms with E-state index in [9.17, 15) is 0 Å². The number of benzene rings is 4. The Hall–Kier alpha value is -2.26. The second-order valence-electron chi connectivity index (χ2n) is 8.59. The summed E-state index contributed by atoms with van der Waals surface area (Å²) in [6, 6.07) is 46.0. The molecule has 2 aliphatic rings. The SMILES string of the molecule is c1ccc([PH]2(c3ccccc3)CC3C2[PH]3(c2ccccc2)c2ccccc2)cc1. The van der Waals surface area contributed by atoms with E-state index in [-0.39, 0.29) is 0 Å². The second-order valence-corrected chi connectivity index (χ2v) is 17.6. The monoisotopic (exact) mass is 412 g/mol. The molecule has 144 valence electrons. The Morgan fingerprint density at radius 3 is 1.17 bits per heavy atom. The van der Waals surface area contributed by atoms with Crippen LogP contribution in [0.2, 0.25) is 0 Å². The Balaban J connectivity index is 1.58. The Kier molecular flexibility index (Phi) is 4.02. The molecule has 0 amide bonds. The van der Waals surface area contributed by atoms with Crippen molar-refractivity contribution in [2.24, 2.45) is 0 Å². The van der Waals surface area contributed by atoms with Gasteiger partial charge in [0.2, 0.25) is 0 Å². The van der Waals surface area contributed by atoms with Crippen LogP contribution in [0.15, 0.2) is 121 Å². The fourth-order valence-electron chi connectivity index (χ4n) is 6.40. The van der Waals surface area contributed by atoms with E-state index >= 15 is 0 Å². The summed E-state index contributed by atoms with van der Waals surface area (Å²) in [6.45, 7) is 0. The molecule has 0 spiro atoms. The van der Waals surface area contributed by atoms with Crippen molar-refractivity contribution >= 4 is 35.7 Å². The Bertz CT molecular complexity index is 962. The van der Waals surface area contributed by atoms with Gasteiger partial charge in [-0.3, -0.25) is 0 Å². The summed E-state index contributed by atoms with van der Waals surface area (Å²) in [7, 11) is -3.50. The van der Waals surface area contributed by atoms with Crippen LogP contribution in [0, 0.1) is 0 Å². The Morgan fingerprint density at radius 1 is 0.448 bits per heavy atom. The van der Waals surface area contributed by atoms with Gasteiger partial charge in [0.15, 0.2) is 0 Å². The zero-order chi connectivity index (χ0) is 19.3. The van der Waals surface area contributed by atoms with Crippen LogP contribution in [0.3, 0.4) is 0 Å². The summed E-state index contributed by atoms with van der Waals surface area (Å²) in [6.07, 6.45) is 1.40. The molecule has 0 bridgehead atoms. The number of hydrogen-bond acceptors (Lipinski definition) is 0. The number of rotatable bonds is 4. The third-order valence-electron chi connectivity index (χ3n) is 7.52. The van der Waals surface area contributed by atoms with Crippen LogP contribution >= 0.6 is 14.5 Å². The maximum atomic E-state index is 2.42. The van der Waals surface area contributed by atoms with Crippen LogP contribution in [0.1, 0.15) is 0 Å². The summed E-state index contributed by atoms with van der Waals surface area (Å²) in [4.78, 5) is 0. The topological polar surface area (TPSA) is 0 Å². The van der Waals surface area contributed by atoms with Crippen LogP contribution < -0.4 is 21.2 Å². The maximum absolute atomic E-state index is 2.42. The number of fused-ring (bicyclic) bond motifs is 1. The third-order valence-corrected chi connectivity index (χ3v) is 21.7. The summed E-state index contributed by atoms with van der Waals surface area (Å²) in [5.41, 5.74) is 0.888. The minimum atomic E-state index is -1.76. The molecule has 2 heterocycles. The molecule has 0 nitrogen and oxygen atoms in total. The van der Waals surface area contributed by atoms with E-state index in [1.807, 2.05) is 0 Å². The van der Waals surface area contributed by atoms with Crippen molar-refractivity contribution < 1.29 is 0 Å². The first-order valence-electron chi connectivity index (χ1n) is 10.6. The first kappa shape index (κ1) is 17.6. The first-order valence-corrected chi connectivity index (χ1v) is 15.0. The minimum absolute atomic E-state index is 0.865. The van der Waals surface area contributed by atoms with E-state index < -0.39 is 14.5 Å². The van der Waals surface area contributed by atoms with Crippen LogP contribution in [-0.4, -0.2) is 17.2 Å². The summed E-state index contributed by atoms with van der Waals surface area (Å²) in [5, 5.41) is 7.41. The van der Waals surface area contributed by atoms with Crippen LogP contribution in [0.25, 0.3) is 0 Å². The molecule has 0 saturated carbocycles. The Labute approximate surface area is 174 Å². The fourth-order valence-corrected chi connectivity index (χ4v) is 25.9. The van der Waals surface area contributed by atoms with Gasteiger partial charge in [-0.2, -0.15) is 0 Å². The standard InChI is InChI=1S/C27H26P2/c1-5-13-22(14-6-1)28(23-15-7-2-8-16-23)21-26-27(28)29(26,24-17-9-3-10-18-24)25-19-11-4-12-20-25/h1-20,26-29H,21H2. The van der Waals surface area contributed by atoms with Crippen molar-refractivity contribution in [3.8, 4) is 0 Å². The molecule has 4 aromatic carbocycles. The summed E-state index contributed by atoms with van der Waals surface area (Å²) < 4.78 is 0. The normalized spacial score (nSPS) is 25.1. The molecule has 2 heteroatoms. The van der Waals surface area contributed by atoms with Crippen molar-refractivity contribution in [1.82, 2.24) is 0 Å². The Morgan fingerprint density at radius 2 is 0.793 bits per heavy atom. The molecule has 2 aliphatic heterocycles. The van der Waals surface area contributed by atoms with E-state index in [0.717, 1.165) is 11.1 Å². The van der Waals surface area contributed by atoms with Crippen molar-refractivity contribution in [2.75, 3.05) is 6.16 Å². The van der Waals surface area contributed by atoms with Gasteiger partial charge in [0.25, 0.3) is 0 Å². The van der Waals surface area contributed by atoms with E-state index in [4.69, 9.17) is 0 Å². The second kappa shape index (κ2) is 6.63. The first-order chi connectivity index (χ1) is 14.4. The molecule has 0 aromatic heterocycles. The molecule has 0 radical (unpaired) electrons. The fraction of sp³-hybridized carbons (Fsp3) is 0.111. The molecule has 2 atom stereocenters. The zero-order valence-electron chi connectivity index (χ0n) is 16.4. The molecule has 2 saturated heterocycles. The van der Waals surface area contributed by atoms with Gasteiger partial charge < -0.3 is 0 Å². The molecule has 29 heavy (non-hydrogen) atoms. The van der Waals surface area contributed by atoms with Crippen molar-refractivity contribution in [3.63, 3.8) is 0 Å². The van der Waals surface area contributed by atoms with Gasteiger partial charge in [-0.05, 0) is 0 Å². The van der Waals surface area contributed by atoms with Gasteiger partial charge in [0.1, 0.15) is 0 Å². The molecule has 2 fully saturated rings. The van der Waals surface area contributed by atoms with Gasteiger partial charge in [-0.1, -0.05) is 0 Å². The molecule has 6 rings (SSSR count). The quantitative estimate of drug-likeness (QED) is 0.433. The summed E-state index contributed by atoms with van der Waals surface area (Å²) in [5.74, 6) is 0. The third kappa shape index (κ3) is 2.34. The van der Waals surface area contributed by atoms with Gasteiger partial charge >= 0.3 is 174 Å². The molecule has 4 aromatic rings. The molecular formula is C27H26P2. The average molecular weight is 412 g/mol. The molecular weight excluding hydrogens is 386 g/mol. The van der Waals surface area contributed by atoms with Crippen LogP contribution in [0.5, 0.6) is 0 Å². The van der Waals surface area contributed by atoms with E-state index in [1.54, 1.807) is 21.2 Å². The summed E-state index contributed by atoms with van der Waals surface area (Å²) >= 11 is 0. The van der Waals surface area contributed by atoms with Crippen molar-refractivity contribution in [2.45, 2.75) is 11.1 Å². The van der Waals surface area contributed by atoms with Gasteiger partial charge in [0.05, 0.1) is 0 Å². The molecule has 0 aliphatic carbocycles. The van der Waals surface area contributed by atoms with Gasteiger partial charge in [-0.15, -0.1) is 0 Å². The van der Waals surface area contributed by atoms with Crippen LogP contribution in [0.4, 0.5) is 0 Å². The molecule has 0 N–H and O–H groups in total. The van der Waals surface area contributed by atoms with Gasteiger partial charge in [-0.25, -0.2) is 0 Å². The van der Waals surface area contributed by atoms with E-state index in [2.05, 4.69) is 121 Å². The average Bonchev–Trinajstić information content (AvgIpc) is 3.38. The van der Waals surface area contributed by atoms with E-state index in [0.29, 0.717) is 0 Å². The predicted octanol–water partition coefficient (Wildman–Crippen LogP) is 4.51. The van der Waals surface area contributed by atoms with E-state index in [1.165, 1.54) is 6.16 Å². The van der Waals surface area contributed by atoms with Crippen molar-refractivity contribution in [3.05, 3.63) is 121 Å². The van der Waals surface area contributed by atoms with Gasteiger partial charge in [0, 0.05) is 0 Å². The zero-order valence-corrected chi connectivity index (χ0v) is 18.4. The predicted molar refractivity (Wildman–Crippen MR) is 133 cm³/mol. The number of hydrogen-bond donors (Lipinski definition) is 0.